The van der Waals surface area contributed by atoms with Crippen molar-refractivity contribution in [1.29, 1.82) is 0 Å². The quantitative estimate of drug-likeness (QED) is 0.664. The molecule has 3 rings (SSSR count). The van der Waals surface area contributed by atoms with Gasteiger partial charge in [-0.15, -0.1) is 12.6 Å². The largest absolute Gasteiger partial charge is 0.377 e. The second-order valence-electron chi connectivity index (χ2n) is 4.64. The van der Waals surface area contributed by atoms with E-state index in [4.69, 9.17) is 10.5 Å². The molecule has 0 spiro atoms. The van der Waals surface area contributed by atoms with Crippen molar-refractivity contribution in [2.75, 3.05) is 13.2 Å². The minimum atomic E-state index is -0.569. The molecule has 0 fully saturated rings. The molecule has 2 aromatic rings. The minimum absolute atomic E-state index is 0.359. The Morgan fingerprint density at radius 1 is 1.48 bits per heavy atom. The first-order valence-electron chi connectivity index (χ1n) is 6.46. The first kappa shape index (κ1) is 13.8. The van der Waals surface area contributed by atoms with Gasteiger partial charge < -0.3 is 10.5 Å². The van der Waals surface area contributed by atoms with E-state index in [1.165, 1.54) is 16.3 Å². The number of thiol groups is 1. The highest BCUT2D eigenvalue weighted by molar-refractivity contribution is 7.90. The second-order valence-corrected chi connectivity index (χ2v) is 5.10. The summed E-state index contributed by atoms with van der Waals surface area (Å²) in [6, 6.07) is 1.97. The molecule has 3 heterocycles. The molecule has 0 saturated heterocycles. The van der Waals surface area contributed by atoms with Crippen LogP contribution in [-0.4, -0.2) is 33.9 Å². The highest BCUT2D eigenvalue weighted by Gasteiger charge is 2.11. The summed E-state index contributed by atoms with van der Waals surface area (Å²) in [5, 5.41) is 5.50. The lowest BCUT2D eigenvalue weighted by Gasteiger charge is -2.12. The van der Waals surface area contributed by atoms with E-state index >= 15 is 0 Å². The van der Waals surface area contributed by atoms with Gasteiger partial charge in [0.1, 0.15) is 5.03 Å². The molecule has 7 heteroatoms. The maximum absolute atomic E-state index is 10.9. The van der Waals surface area contributed by atoms with Crippen molar-refractivity contribution < 1.29 is 9.53 Å². The third kappa shape index (κ3) is 2.84. The predicted octanol–water partition coefficient (Wildman–Crippen LogP) is 1.45. The lowest BCUT2D eigenvalue weighted by molar-refractivity contribution is -0.113. The summed E-state index contributed by atoms with van der Waals surface area (Å²) in [4.78, 5) is 15.4. The topological polar surface area (TPSA) is 83.0 Å². The molecular formula is C14H14N4O2S. The number of carbonyl (C=O) groups is 1. The van der Waals surface area contributed by atoms with Crippen molar-refractivity contribution in [3.05, 3.63) is 36.3 Å². The number of nitrogens with zero attached hydrogens (tertiary/aromatic N) is 3. The van der Waals surface area contributed by atoms with Crippen LogP contribution in [0, 0.1) is 0 Å². The van der Waals surface area contributed by atoms with E-state index < -0.39 is 5.91 Å². The molecule has 0 saturated carbocycles. The molecule has 21 heavy (non-hydrogen) atoms. The van der Waals surface area contributed by atoms with Crippen LogP contribution in [0.25, 0.3) is 21.5 Å². The second kappa shape index (κ2) is 5.71. The maximum atomic E-state index is 10.9. The van der Waals surface area contributed by atoms with Gasteiger partial charge in [-0.25, -0.2) is 4.68 Å². The fraction of sp³-hybridized carbons (Fsp3) is 0.214. The number of ether oxygens (including phenoxy) is 1. The molecule has 0 bridgehead atoms. The van der Waals surface area contributed by atoms with Gasteiger partial charge in [-0.1, -0.05) is 6.08 Å². The number of fused-ring (bicyclic) bond motifs is 1. The normalized spacial score (nSPS) is 16.0. The molecule has 1 amide bonds. The molecule has 1 aliphatic rings. The molecule has 1 aliphatic heterocycles. The van der Waals surface area contributed by atoms with Gasteiger partial charge >= 0.3 is 0 Å². The molecule has 2 aromatic heterocycles. The van der Waals surface area contributed by atoms with Crippen LogP contribution in [0.1, 0.15) is 12.1 Å². The lowest BCUT2D eigenvalue weighted by atomic mass is 10.1. The fourth-order valence-corrected chi connectivity index (χ4v) is 2.52. The average Bonchev–Trinajstić information content (AvgIpc) is 2.90. The Labute approximate surface area is 126 Å². The molecule has 0 radical (unpaired) electrons. The first-order chi connectivity index (χ1) is 10.1. The van der Waals surface area contributed by atoms with E-state index in [9.17, 15) is 4.79 Å². The van der Waals surface area contributed by atoms with E-state index in [2.05, 4.69) is 22.7 Å². The van der Waals surface area contributed by atoms with Crippen molar-refractivity contribution >= 4 is 40.0 Å². The van der Waals surface area contributed by atoms with Crippen LogP contribution in [0.15, 0.2) is 30.6 Å². The van der Waals surface area contributed by atoms with Crippen LogP contribution in [0.4, 0.5) is 0 Å². The van der Waals surface area contributed by atoms with Crippen molar-refractivity contribution in [2.45, 2.75) is 6.42 Å². The zero-order valence-electron chi connectivity index (χ0n) is 11.2. The lowest BCUT2D eigenvalue weighted by Crippen LogP contribution is -2.08. The van der Waals surface area contributed by atoms with Crippen molar-refractivity contribution in [2.24, 2.45) is 5.73 Å². The van der Waals surface area contributed by atoms with E-state index in [1.54, 1.807) is 12.4 Å². The average molecular weight is 302 g/mol. The van der Waals surface area contributed by atoms with Crippen LogP contribution >= 0.6 is 12.6 Å². The number of nitrogens with two attached hydrogens (primary N) is 1. The fourth-order valence-electron chi connectivity index (χ4n) is 2.23. The van der Waals surface area contributed by atoms with Crippen LogP contribution in [0.3, 0.4) is 0 Å². The van der Waals surface area contributed by atoms with Gasteiger partial charge in [-0.05, 0) is 18.1 Å². The molecule has 0 atom stereocenters. The number of aromatic nitrogens is 3. The van der Waals surface area contributed by atoms with Gasteiger partial charge in [0.15, 0.2) is 0 Å². The number of carbonyl (C=O) groups excluding carboxylic acids is 1. The highest BCUT2D eigenvalue weighted by Crippen LogP contribution is 2.24. The summed E-state index contributed by atoms with van der Waals surface area (Å²) in [6.07, 6.45) is 7.54. The van der Waals surface area contributed by atoms with Gasteiger partial charge in [0.25, 0.3) is 0 Å². The molecule has 6 nitrogen and oxygen atoms in total. The smallest absolute Gasteiger partial charge is 0.244 e. The third-order valence-electron chi connectivity index (χ3n) is 3.24. The highest BCUT2D eigenvalue weighted by atomic mass is 32.1. The summed E-state index contributed by atoms with van der Waals surface area (Å²) in [6.45, 7) is 1.34. The van der Waals surface area contributed by atoms with Crippen LogP contribution in [0.2, 0.25) is 0 Å². The van der Waals surface area contributed by atoms with E-state index in [0.717, 1.165) is 23.0 Å². The van der Waals surface area contributed by atoms with Crippen LogP contribution in [0.5, 0.6) is 0 Å². The van der Waals surface area contributed by atoms with Gasteiger partial charge in [-0.3, -0.25) is 9.78 Å². The molecule has 0 aromatic carbocycles. The van der Waals surface area contributed by atoms with Gasteiger partial charge in [0, 0.05) is 11.5 Å². The monoisotopic (exact) mass is 302 g/mol. The summed E-state index contributed by atoms with van der Waals surface area (Å²) < 4.78 is 6.83. The Morgan fingerprint density at radius 2 is 2.33 bits per heavy atom. The zero-order chi connectivity index (χ0) is 14.8. The first-order valence-corrected chi connectivity index (χ1v) is 6.91. The van der Waals surface area contributed by atoms with Crippen molar-refractivity contribution in [1.82, 2.24) is 14.8 Å². The zero-order valence-corrected chi connectivity index (χ0v) is 12.1. The SMILES string of the molecule is NC(=O)/C=C(\S)n1ncc2cc(C3=CCOCC3)ncc21. The number of hydrogen-bond acceptors (Lipinski definition) is 5. The minimum Gasteiger partial charge on any atom is -0.377 e. The van der Waals surface area contributed by atoms with Crippen LogP contribution in [-0.2, 0) is 9.53 Å². The molecule has 0 aliphatic carbocycles. The number of hydrogen-bond donors (Lipinski definition) is 2. The van der Waals surface area contributed by atoms with E-state index in [0.29, 0.717) is 18.2 Å². The Hall–Kier alpha value is -2.12. The number of amides is 1. The maximum Gasteiger partial charge on any atom is 0.244 e. The number of rotatable bonds is 3. The molecule has 0 unspecified atom stereocenters. The standard InChI is InChI=1S/C14H14N4O2S/c15-13(19)6-14(21)18-12-8-16-11(5-10(12)7-17-18)9-1-3-20-4-2-9/h1,5-8,21H,2-4H2,(H2,15,19)/b14-6-. The third-order valence-corrected chi connectivity index (χ3v) is 3.55. The molecular weight excluding hydrogens is 288 g/mol. The van der Waals surface area contributed by atoms with Gasteiger partial charge in [-0.2, -0.15) is 5.10 Å². The van der Waals surface area contributed by atoms with Gasteiger partial charge in [0.05, 0.1) is 36.8 Å². The van der Waals surface area contributed by atoms with Gasteiger partial charge in [0.2, 0.25) is 5.91 Å². The summed E-state index contributed by atoms with van der Waals surface area (Å²) >= 11 is 4.23. The van der Waals surface area contributed by atoms with E-state index in [-0.39, 0.29) is 0 Å². The Kier molecular flexibility index (Phi) is 3.76. The van der Waals surface area contributed by atoms with Crippen LogP contribution < -0.4 is 5.73 Å². The summed E-state index contributed by atoms with van der Waals surface area (Å²) in [5.74, 6) is -0.569. The van der Waals surface area contributed by atoms with E-state index in [1.807, 2.05) is 12.1 Å². The Balaban J connectivity index is 2.01. The number of primary amides is 1. The summed E-state index contributed by atoms with van der Waals surface area (Å²) in [5.41, 5.74) is 7.99. The molecule has 108 valence electrons. The van der Waals surface area contributed by atoms with Crippen molar-refractivity contribution in [3.8, 4) is 0 Å². The molecule has 2 N–H and O–H groups in total. The number of pyridine rings is 1. The Morgan fingerprint density at radius 3 is 3.05 bits per heavy atom. The summed E-state index contributed by atoms with van der Waals surface area (Å²) in [7, 11) is 0. The van der Waals surface area contributed by atoms with Crippen molar-refractivity contribution in [3.63, 3.8) is 0 Å². The Bertz CT molecular complexity index is 763. The predicted molar refractivity (Wildman–Crippen MR) is 83.4 cm³/mol.